The molecule has 0 fully saturated rings. The molecular weight excluding hydrogens is 324 g/mol. The third-order valence-electron chi connectivity index (χ3n) is 3.38. The smallest absolute Gasteiger partial charge is 0.170 e. The molecule has 0 amide bonds. The van der Waals surface area contributed by atoms with Crippen LogP contribution in [0.3, 0.4) is 0 Å². The number of aromatic nitrogens is 1. The summed E-state index contributed by atoms with van der Waals surface area (Å²) in [5.74, 6) is 0.862. The van der Waals surface area contributed by atoms with Gasteiger partial charge in [-0.15, -0.1) is 11.3 Å². The second-order valence-electron chi connectivity index (χ2n) is 4.83. The maximum atomic E-state index is 5.61. The van der Waals surface area contributed by atoms with Gasteiger partial charge in [0.15, 0.2) is 15.4 Å². The molecule has 2 aromatic heterocycles. The lowest BCUT2D eigenvalue weighted by Gasteiger charge is -2.21. The van der Waals surface area contributed by atoms with Crippen LogP contribution in [0.15, 0.2) is 21.2 Å². The molecule has 0 saturated heterocycles. The van der Waals surface area contributed by atoms with E-state index in [9.17, 15) is 0 Å². The lowest BCUT2D eigenvalue weighted by atomic mass is 9.97. The summed E-state index contributed by atoms with van der Waals surface area (Å²) in [6.07, 6.45) is 4.75. The predicted molar refractivity (Wildman–Crippen MR) is 81.5 cm³/mol. The zero-order valence-corrected chi connectivity index (χ0v) is 13.3. The third kappa shape index (κ3) is 2.78. The topological polar surface area (TPSA) is 38.1 Å². The fraction of sp³-hybridized carbons (Fsp3) is 0.500. The van der Waals surface area contributed by atoms with Crippen LogP contribution in [0.25, 0.3) is 10.8 Å². The van der Waals surface area contributed by atoms with Gasteiger partial charge in [-0.3, -0.25) is 0 Å². The van der Waals surface area contributed by atoms with E-state index in [4.69, 9.17) is 9.40 Å². The van der Waals surface area contributed by atoms with E-state index in [0.717, 1.165) is 34.8 Å². The van der Waals surface area contributed by atoms with Crippen molar-refractivity contribution in [3.8, 4) is 10.8 Å². The first-order valence-corrected chi connectivity index (χ1v) is 8.37. The summed E-state index contributed by atoms with van der Waals surface area (Å²) in [7, 11) is 0. The molecule has 1 unspecified atom stereocenters. The second kappa shape index (κ2) is 5.77. The molecule has 0 aliphatic heterocycles. The van der Waals surface area contributed by atoms with Gasteiger partial charge in [-0.2, -0.15) is 0 Å². The second-order valence-corrected chi connectivity index (χ2v) is 6.70. The molecule has 0 bridgehead atoms. The number of hydrogen-bond donors (Lipinski definition) is 1. The summed E-state index contributed by atoms with van der Waals surface area (Å²) < 4.78 is 6.37. The highest BCUT2D eigenvalue weighted by Gasteiger charge is 2.25. The Labute approximate surface area is 125 Å². The number of nitrogens with one attached hydrogen (secondary N) is 1. The van der Waals surface area contributed by atoms with Crippen LogP contribution in [-0.2, 0) is 6.42 Å². The van der Waals surface area contributed by atoms with Gasteiger partial charge in [0, 0.05) is 4.88 Å². The van der Waals surface area contributed by atoms with Gasteiger partial charge in [0.05, 0.1) is 11.7 Å². The Morgan fingerprint density at radius 3 is 3.16 bits per heavy atom. The summed E-state index contributed by atoms with van der Waals surface area (Å²) in [6.45, 7) is 3.26. The minimum absolute atomic E-state index is 0.423. The van der Waals surface area contributed by atoms with Crippen molar-refractivity contribution in [2.24, 2.45) is 0 Å². The Morgan fingerprint density at radius 2 is 2.42 bits per heavy atom. The monoisotopic (exact) mass is 340 g/mol. The van der Waals surface area contributed by atoms with Crippen LogP contribution in [0.2, 0.25) is 0 Å². The van der Waals surface area contributed by atoms with E-state index in [0.29, 0.717) is 6.04 Å². The van der Waals surface area contributed by atoms with Crippen molar-refractivity contribution in [3.63, 3.8) is 0 Å². The predicted octanol–water partition coefficient (Wildman–Crippen LogP) is 4.54. The molecule has 0 spiro atoms. The lowest BCUT2D eigenvalue weighted by Crippen LogP contribution is -2.25. The first kappa shape index (κ1) is 13.3. The Hall–Kier alpha value is -0.650. The molecule has 5 heteroatoms. The van der Waals surface area contributed by atoms with Crippen LogP contribution in [0.4, 0.5) is 0 Å². The molecule has 0 saturated carbocycles. The zero-order chi connectivity index (χ0) is 13.2. The SMILES string of the molecule is CCCNC1CCCc2sc(-c3ccc(Br)o3)nc21. The average molecular weight is 341 g/mol. The van der Waals surface area contributed by atoms with Gasteiger partial charge in [-0.1, -0.05) is 6.92 Å². The van der Waals surface area contributed by atoms with E-state index in [2.05, 4.69) is 28.2 Å². The van der Waals surface area contributed by atoms with Crippen molar-refractivity contribution in [2.45, 2.75) is 38.6 Å². The van der Waals surface area contributed by atoms with E-state index in [1.165, 1.54) is 23.4 Å². The Kier molecular flexibility index (Phi) is 4.05. The van der Waals surface area contributed by atoms with Crippen LogP contribution in [0, 0.1) is 0 Å². The van der Waals surface area contributed by atoms with Crippen LogP contribution in [-0.4, -0.2) is 11.5 Å². The van der Waals surface area contributed by atoms with Crippen molar-refractivity contribution < 1.29 is 4.42 Å². The van der Waals surface area contributed by atoms with E-state index in [-0.39, 0.29) is 0 Å². The molecule has 1 atom stereocenters. The Balaban J connectivity index is 1.88. The number of fused-ring (bicyclic) bond motifs is 1. The lowest BCUT2D eigenvalue weighted by molar-refractivity contribution is 0.454. The standard InChI is InChI=1S/C14H17BrN2OS/c1-2-8-16-9-4-3-5-11-13(9)17-14(19-11)10-6-7-12(15)18-10/h6-7,9,16H,2-5,8H2,1H3. The first-order chi connectivity index (χ1) is 9.28. The number of furan rings is 1. The van der Waals surface area contributed by atoms with E-state index in [1.807, 2.05) is 12.1 Å². The highest BCUT2D eigenvalue weighted by Crippen LogP contribution is 2.37. The summed E-state index contributed by atoms with van der Waals surface area (Å²) >= 11 is 5.12. The molecule has 102 valence electrons. The maximum absolute atomic E-state index is 5.61. The summed E-state index contributed by atoms with van der Waals surface area (Å²) in [6, 6.07) is 4.32. The van der Waals surface area contributed by atoms with Crippen LogP contribution >= 0.6 is 27.3 Å². The quantitative estimate of drug-likeness (QED) is 0.887. The van der Waals surface area contributed by atoms with Gasteiger partial charge in [-0.05, 0) is 60.3 Å². The Morgan fingerprint density at radius 1 is 1.53 bits per heavy atom. The molecule has 0 aromatic carbocycles. The molecule has 3 rings (SSSR count). The molecule has 2 heterocycles. The highest BCUT2D eigenvalue weighted by molar-refractivity contribution is 9.10. The van der Waals surface area contributed by atoms with Gasteiger partial charge in [0.2, 0.25) is 0 Å². The molecule has 1 aliphatic rings. The van der Waals surface area contributed by atoms with Crippen molar-refractivity contribution in [3.05, 3.63) is 27.4 Å². The zero-order valence-electron chi connectivity index (χ0n) is 10.9. The molecule has 19 heavy (non-hydrogen) atoms. The van der Waals surface area contributed by atoms with Crippen LogP contribution in [0.5, 0.6) is 0 Å². The number of hydrogen-bond acceptors (Lipinski definition) is 4. The van der Waals surface area contributed by atoms with Crippen molar-refractivity contribution in [1.82, 2.24) is 10.3 Å². The third-order valence-corrected chi connectivity index (χ3v) is 4.95. The molecule has 2 aromatic rings. The van der Waals surface area contributed by atoms with Crippen LogP contribution in [0.1, 0.15) is 42.8 Å². The van der Waals surface area contributed by atoms with Gasteiger partial charge >= 0.3 is 0 Å². The van der Waals surface area contributed by atoms with E-state index < -0.39 is 0 Å². The molecular formula is C14H17BrN2OS. The molecule has 1 aliphatic carbocycles. The summed E-state index contributed by atoms with van der Waals surface area (Å²) in [5, 5.41) is 4.60. The molecule has 3 nitrogen and oxygen atoms in total. The fourth-order valence-electron chi connectivity index (χ4n) is 2.47. The highest BCUT2D eigenvalue weighted by atomic mass is 79.9. The minimum atomic E-state index is 0.423. The van der Waals surface area contributed by atoms with Gasteiger partial charge in [0.1, 0.15) is 0 Å². The Bertz CT molecular complexity index is 564. The number of aryl methyl sites for hydroxylation is 1. The van der Waals surface area contributed by atoms with E-state index >= 15 is 0 Å². The molecule has 1 N–H and O–H groups in total. The summed E-state index contributed by atoms with van der Waals surface area (Å²) in [5.41, 5.74) is 1.24. The van der Waals surface area contributed by atoms with Gasteiger partial charge in [0.25, 0.3) is 0 Å². The normalized spacial score (nSPS) is 18.5. The van der Waals surface area contributed by atoms with Crippen molar-refractivity contribution in [1.29, 1.82) is 0 Å². The van der Waals surface area contributed by atoms with Gasteiger partial charge < -0.3 is 9.73 Å². The number of rotatable bonds is 4. The van der Waals surface area contributed by atoms with Gasteiger partial charge in [-0.25, -0.2) is 4.98 Å². The van der Waals surface area contributed by atoms with E-state index in [1.54, 1.807) is 11.3 Å². The largest absolute Gasteiger partial charge is 0.447 e. The number of halogens is 1. The maximum Gasteiger partial charge on any atom is 0.170 e. The van der Waals surface area contributed by atoms with Crippen molar-refractivity contribution in [2.75, 3.05) is 6.54 Å². The van der Waals surface area contributed by atoms with Crippen LogP contribution < -0.4 is 5.32 Å². The molecule has 0 radical (unpaired) electrons. The number of nitrogens with zero attached hydrogens (tertiary/aromatic N) is 1. The number of thiazole rings is 1. The summed E-state index contributed by atoms with van der Waals surface area (Å²) in [4.78, 5) is 6.23. The fourth-order valence-corrected chi connectivity index (χ4v) is 3.90. The average Bonchev–Trinajstić information content (AvgIpc) is 3.02. The first-order valence-electron chi connectivity index (χ1n) is 6.76. The minimum Gasteiger partial charge on any atom is -0.447 e. The van der Waals surface area contributed by atoms with Crippen molar-refractivity contribution >= 4 is 27.3 Å².